The predicted octanol–water partition coefficient (Wildman–Crippen LogP) is 4.20. The van der Waals surface area contributed by atoms with E-state index in [4.69, 9.17) is 0 Å². The van der Waals surface area contributed by atoms with Crippen LogP contribution in [0.2, 0.25) is 0 Å². The third-order valence-corrected chi connectivity index (χ3v) is 8.06. The Labute approximate surface area is 195 Å². The number of nitrogens with zero attached hydrogens (tertiary/aromatic N) is 1. The molecule has 1 aromatic heterocycles. The maximum atomic E-state index is 12.9. The van der Waals surface area contributed by atoms with Crippen molar-refractivity contribution in [2.24, 2.45) is 11.3 Å². The molecule has 1 aromatic carbocycles. The zero-order valence-electron chi connectivity index (χ0n) is 17.1. The highest BCUT2D eigenvalue weighted by molar-refractivity contribution is 7.10. The first-order valence-electron chi connectivity index (χ1n) is 10.6. The molecule has 2 atom stereocenters. The van der Waals surface area contributed by atoms with Crippen molar-refractivity contribution >= 4 is 42.1 Å². The molecule has 2 unspecified atom stereocenters. The Balaban J connectivity index is 0.00000128. The van der Waals surface area contributed by atoms with E-state index in [9.17, 15) is 4.79 Å². The fourth-order valence-electron chi connectivity index (χ4n) is 5.19. The van der Waals surface area contributed by atoms with Gasteiger partial charge in [-0.05, 0) is 66.8 Å². The maximum Gasteiger partial charge on any atom is 0.223 e. The van der Waals surface area contributed by atoms with Gasteiger partial charge in [-0.25, -0.2) is 0 Å². The van der Waals surface area contributed by atoms with Gasteiger partial charge in [0.2, 0.25) is 5.91 Å². The largest absolute Gasteiger partial charge is 0.354 e. The Morgan fingerprint density at radius 1 is 1.20 bits per heavy atom. The smallest absolute Gasteiger partial charge is 0.223 e. The van der Waals surface area contributed by atoms with Crippen LogP contribution in [0, 0.1) is 11.3 Å². The molecule has 2 N–H and O–H groups in total. The minimum atomic E-state index is 0. The van der Waals surface area contributed by atoms with Crippen LogP contribution in [-0.2, 0) is 17.8 Å². The first kappa shape index (κ1) is 23.6. The highest BCUT2D eigenvalue weighted by Crippen LogP contribution is 2.58. The van der Waals surface area contributed by atoms with Crippen LogP contribution in [0.15, 0.2) is 41.8 Å². The summed E-state index contributed by atoms with van der Waals surface area (Å²) >= 11 is 1.88. The third-order valence-electron chi connectivity index (χ3n) is 7.04. The van der Waals surface area contributed by atoms with E-state index in [1.807, 2.05) is 11.3 Å². The van der Waals surface area contributed by atoms with E-state index in [1.165, 1.54) is 16.0 Å². The van der Waals surface area contributed by atoms with Gasteiger partial charge in [-0.3, -0.25) is 9.69 Å². The molecule has 3 aliphatic rings. The molecule has 164 valence electrons. The lowest BCUT2D eigenvalue weighted by Crippen LogP contribution is -2.41. The summed E-state index contributed by atoms with van der Waals surface area (Å²) in [5.41, 5.74) is 3.06. The molecular weight excluding hydrogens is 437 g/mol. The fraction of sp³-hybridized carbons (Fsp3) is 0.522. The first-order valence-corrected chi connectivity index (χ1v) is 11.5. The van der Waals surface area contributed by atoms with Gasteiger partial charge in [-0.1, -0.05) is 30.3 Å². The summed E-state index contributed by atoms with van der Waals surface area (Å²) in [5, 5.41) is 8.96. The van der Waals surface area contributed by atoms with Gasteiger partial charge in [0.1, 0.15) is 0 Å². The molecule has 2 aromatic rings. The first-order chi connectivity index (χ1) is 13.8. The summed E-state index contributed by atoms with van der Waals surface area (Å²) < 4.78 is 0. The zero-order chi connectivity index (χ0) is 19.0. The van der Waals surface area contributed by atoms with Crippen LogP contribution in [0.4, 0.5) is 0 Å². The highest BCUT2D eigenvalue weighted by Gasteiger charge is 2.57. The van der Waals surface area contributed by atoms with Crippen molar-refractivity contribution in [3.63, 3.8) is 0 Å². The molecule has 4 nitrogen and oxygen atoms in total. The van der Waals surface area contributed by atoms with Crippen molar-refractivity contribution in [2.45, 2.75) is 38.3 Å². The van der Waals surface area contributed by atoms with Crippen molar-refractivity contribution in [2.75, 3.05) is 26.2 Å². The molecule has 7 heteroatoms. The number of carbonyl (C=O) groups is 1. The molecule has 1 spiro atoms. The van der Waals surface area contributed by atoms with Crippen molar-refractivity contribution in [3.05, 3.63) is 57.8 Å². The van der Waals surface area contributed by atoms with Crippen molar-refractivity contribution in [1.29, 1.82) is 0 Å². The average molecular weight is 468 g/mol. The molecule has 1 saturated carbocycles. The lowest BCUT2D eigenvalue weighted by atomic mass is 9.91. The Bertz CT molecular complexity index is 838. The van der Waals surface area contributed by atoms with Crippen LogP contribution >= 0.6 is 36.2 Å². The van der Waals surface area contributed by atoms with E-state index >= 15 is 0 Å². The van der Waals surface area contributed by atoms with E-state index in [1.54, 1.807) is 0 Å². The van der Waals surface area contributed by atoms with Crippen LogP contribution in [0.3, 0.4) is 0 Å². The monoisotopic (exact) mass is 467 g/mol. The Morgan fingerprint density at radius 3 is 2.73 bits per heavy atom. The topological polar surface area (TPSA) is 44.4 Å². The number of carbonyl (C=O) groups excluding carboxylic acids is 1. The molecule has 1 amide bonds. The van der Waals surface area contributed by atoms with E-state index < -0.39 is 0 Å². The normalized spacial score (nSPS) is 22.9. The molecule has 1 aliphatic carbocycles. The Kier molecular flexibility index (Phi) is 7.86. The van der Waals surface area contributed by atoms with Crippen LogP contribution in [0.25, 0.3) is 0 Å². The average Bonchev–Trinajstić information content (AvgIpc) is 3.21. The molecule has 2 aliphatic heterocycles. The molecule has 5 rings (SSSR count). The van der Waals surface area contributed by atoms with Crippen molar-refractivity contribution < 1.29 is 4.79 Å². The van der Waals surface area contributed by atoms with E-state index in [0.717, 1.165) is 51.9 Å². The minimum absolute atomic E-state index is 0. The summed E-state index contributed by atoms with van der Waals surface area (Å²) in [5.74, 6) is 0.506. The Hall–Kier alpha value is -1.11. The third kappa shape index (κ3) is 4.71. The zero-order valence-corrected chi connectivity index (χ0v) is 19.6. The van der Waals surface area contributed by atoms with E-state index in [2.05, 4.69) is 57.3 Å². The molecule has 0 bridgehead atoms. The number of rotatable bonds is 5. The van der Waals surface area contributed by atoms with Crippen LogP contribution in [0.5, 0.6) is 0 Å². The fourth-order valence-corrected chi connectivity index (χ4v) is 6.08. The lowest BCUT2D eigenvalue weighted by molar-refractivity contribution is -0.123. The standard InChI is InChI=1S/C23H29N3OS.2ClH/c27-22(19-14-23(19)8-10-24-11-9-23)25-15-20(17-4-2-1-3-5-17)26-12-6-21-18(16-26)7-13-28-21;;/h1-5,7,13,19-20,24H,6,8-12,14-16H2,(H,25,27);2*1H. The SMILES string of the molecule is Cl.Cl.O=C(NCC(c1ccccc1)N1CCc2sccc2C1)C1CC12CCNCC2. The van der Waals surface area contributed by atoms with Crippen LogP contribution in [0.1, 0.15) is 41.3 Å². The van der Waals surface area contributed by atoms with Gasteiger partial charge in [-0.2, -0.15) is 0 Å². The molecular formula is C23H31Cl2N3OS. The summed E-state index contributed by atoms with van der Waals surface area (Å²) in [4.78, 5) is 17.0. The van der Waals surface area contributed by atoms with Crippen molar-refractivity contribution in [3.8, 4) is 0 Å². The second-order valence-electron chi connectivity index (χ2n) is 8.63. The summed E-state index contributed by atoms with van der Waals surface area (Å²) in [6.07, 6.45) is 4.50. The van der Waals surface area contributed by atoms with Gasteiger partial charge < -0.3 is 10.6 Å². The number of hydrogen-bond acceptors (Lipinski definition) is 4. The predicted molar refractivity (Wildman–Crippen MR) is 128 cm³/mol. The second kappa shape index (κ2) is 10.0. The van der Waals surface area contributed by atoms with Crippen molar-refractivity contribution in [1.82, 2.24) is 15.5 Å². The van der Waals surface area contributed by atoms with E-state index in [0.29, 0.717) is 12.0 Å². The quantitative estimate of drug-likeness (QED) is 0.692. The van der Waals surface area contributed by atoms with Gasteiger partial charge >= 0.3 is 0 Å². The van der Waals surface area contributed by atoms with Gasteiger partial charge in [0, 0.05) is 30.4 Å². The number of fused-ring (bicyclic) bond motifs is 1. The number of halogens is 2. The number of nitrogens with one attached hydrogen (secondary N) is 2. The van der Waals surface area contributed by atoms with E-state index in [-0.39, 0.29) is 42.7 Å². The summed E-state index contributed by atoms with van der Waals surface area (Å²) in [7, 11) is 0. The maximum absolute atomic E-state index is 12.9. The number of amides is 1. The second-order valence-corrected chi connectivity index (χ2v) is 9.63. The molecule has 0 radical (unpaired) electrons. The lowest BCUT2D eigenvalue weighted by Gasteiger charge is -2.35. The molecule has 30 heavy (non-hydrogen) atoms. The molecule has 2 fully saturated rings. The van der Waals surface area contributed by atoms with Gasteiger partial charge in [0.15, 0.2) is 0 Å². The Morgan fingerprint density at radius 2 is 1.97 bits per heavy atom. The van der Waals surface area contributed by atoms with Crippen LogP contribution in [-0.4, -0.2) is 37.0 Å². The van der Waals surface area contributed by atoms with Gasteiger partial charge in [-0.15, -0.1) is 36.2 Å². The number of thiophene rings is 1. The summed E-state index contributed by atoms with van der Waals surface area (Å²) in [6, 6.07) is 13.2. The van der Waals surface area contributed by atoms with Gasteiger partial charge in [0.25, 0.3) is 0 Å². The minimum Gasteiger partial charge on any atom is -0.354 e. The number of hydrogen-bond donors (Lipinski definition) is 2. The number of piperidine rings is 1. The number of benzene rings is 1. The highest BCUT2D eigenvalue weighted by atomic mass is 35.5. The van der Waals surface area contributed by atoms with Gasteiger partial charge in [0.05, 0.1) is 6.04 Å². The molecule has 3 heterocycles. The summed E-state index contributed by atoms with van der Waals surface area (Å²) in [6.45, 7) is 4.86. The molecule has 1 saturated heterocycles. The van der Waals surface area contributed by atoms with Crippen LogP contribution < -0.4 is 10.6 Å².